The lowest BCUT2D eigenvalue weighted by Crippen LogP contribution is -2.53. The Labute approximate surface area is 160 Å². The number of rotatable bonds is 5. The number of hydrogen-bond acceptors (Lipinski definition) is 5. The number of benzene rings is 1. The summed E-state index contributed by atoms with van der Waals surface area (Å²) in [6, 6.07) is 10.1. The molecule has 0 aromatic heterocycles. The third-order valence-corrected chi connectivity index (χ3v) is 4.77. The molecule has 0 bridgehead atoms. The van der Waals surface area contributed by atoms with E-state index in [1.165, 1.54) is 4.90 Å². The summed E-state index contributed by atoms with van der Waals surface area (Å²) in [4.78, 5) is 22.2. The second kappa shape index (κ2) is 7.65. The number of carbonyl (C=O) groups is 1. The number of piperazine rings is 1. The molecule has 2 aliphatic heterocycles. The summed E-state index contributed by atoms with van der Waals surface area (Å²) in [5.74, 6) is 1.83. The van der Waals surface area contributed by atoms with Gasteiger partial charge in [0, 0.05) is 31.4 Å². The van der Waals surface area contributed by atoms with E-state index in [-0.39, 0.29) is 18.5 Å². The van der Waals surface area contributed by atoms with Crippen molar-refractivity contribution in [2.24, 2.45) is 4.99 Å². The van der Waals surface area contributed by atoms with Gasteiger partial charge in [-0.25, -0.2) is 0 Å². The summed E-state index contributed by atoms with van der Waals surface area (Å²) >= 11 is 0. The fraction of sp³-hybridized carbons (Fsp3) is 0.350. The molecule has 7 heteroatoms. The van der Waals surface area contributed by atoms with Gasteiger partial charge in [-0.05, 0) is 13.8 Å². The van der Waals surface area contributed by atoms with Gasteiger partial charge in [0.15, 0.2) is 0 Å². The van der Waals surface area contributed by atoms with Crippen molar-refractivity contribution in [3.8, 4) is 0 Å². The van der Waals surface area contributed by atoms with Crippen molar-refractivity contribution in [2.75, 3.05) is 26.7 Å². The molecule has 27 heavy (non-hydrogen) atoms. The van der Waals surface area contributed by atoms with Crippen molar-refractivity contribution in [1.29, 1.82) is 5.41 Å². The highest BCUT2D eigenvalue weighted by Gasteiger charge is 2.31. The first-order valence-electron chi connectivity index (χ1n) is 9.05. The molecule has 1 saturated heterocycles. The average molecular weight is 366 g/mol. The summed E-state index contributed by atoms with van der Waals surface area (Å²) in [7, 11) is 1.69. The van der Waals surface area contributed by atoms with Crippen LogP contribution in [-0.2, 0) is 4.79 Å². The van der Waals surface area contributed by atoms with Gasteiger partial charge in [-0.2, -0.15) is 0 Å². The Balaban J connectivity index is 1.76. The van der Waals surface area contributed by atoms with Crippen molar-refractivity contribution in [1.82, 2.24) is 20.0 Å². The molecule has 0 atom stereocenters. The van der Waals surface area contributed by atoms with Crippen molar-refractivity contribution in [3.63, 3.8) is 0 Å². The minimum Gasteiger partial charge on any atom is -0.346 e. The molecule has 1 aromatic rings. The number of amidine groups is 2. The van der Waals surface area contributed by atoms with Gasteiger partial charge in [0.25, 0.3) is 0 Å². The Morgan fingerprint density at radius 1 is 1.33 bits per heavy atom. The first-order valence-corrected chi connectivity index (χ1v) is 9.05. The number of amides is 1. The second-order valence-corrected chi connectivity index (χ2v) is 6.87. The zero-order chi connectivity index (χ0) is 19.6. The summed E-state index contributed by atoms with van der Waals surface area (Å²) in [5.41, 5.74) is 1.56. The second-order valence-electron chi connectivity index (χ2n) is 6.87. The molecular weight excluding hydrogens is 340 g/mol. The van der Waals surface area contributed by atoms with E-state index in [2.05, 4.69) is 16.9 Å². The normalized spacial score (nSPS) is 19.2. The number of nitrogens with one attached hydrogen (secondary N) is 2. The largest absolute Gasteiger partial charge is 0.346 e. The van der Waals surface area contributed by atoms with Gasteiger partial charge in [-0.1, -0.05) is 36.9 Å². The van der Waals surface area contributed by atoms with Gasteiger partial charge in [-0.15, -0.1) is 0 Å². The van der Waals surface area contributed by atoms with Crippen LogP contribution in [0.5, 0.6) is 0 Å². The van der Waals surface area contributed by atoms with Crippen LogP contribution >= 0.6 is 0 Å². The zero-order valence-corrected chi connectivity index (χ0v) is 16.1. The van der Waals surface area contributed by atoms with Crippen LogP contribution in [0.4, 0.5) is 0 Å². The molecule has 1 fully saturated rings. The summed E-state index contributed by atoms with van der Waals surface area (Å²) in [6.45, 7) is 9.74. The molecule has 0 radical (unpaired) electrons. The number of hydrogen-bond donors (Lipinski definition) is 2. The smallest absolute Gasteiger partial charge is 0.246 e. The van der Waals surface area contributed by atoms with Crippen LogP contribution in [0.1, 0.15) is 19.4 Å². The fourth-order valence-electron chi connectivity index (χ4n) is 3.15. The SMILES string of the molecule is C=C(NC=C1C(=N)N(C(C)C)CC(=O)N1C)N1CCN=C1c1ccccc1. The number of carbonyl (C=O) groups excluding carboxylic acids is 1. The molecule has 2 N–H and O–H groups in total. The standard InChI is InChI=1S/C20H26N6O/c1-14(2)26-13-18(27)24(4)17(19(26)21)12-23-15(3)25-11-10-22-20(25)16-8-6-5-7-9-16/h5-9,12,14,21,23H,3,10-11,13H2,1-2,4H3. The Hall–Kier alpha value is -3.09. The summed E-state index contributed by atoms with van der Waals surface area (Å²) in [5, 5.41) is 11.6. The quantitative estimate of drug-likeness (QED) is 0.833. The Morgan fingerprint density at radius 3 is 2.70 bits per heavy atom. The highest BCUT2D eigenvalue weighted by molar-refractivity contribution is 6.04. The molecule has 1 amide bonds. The maximum absolute atomic E-state index is 12.3. The first-order chi connectivity index (χ1) is 12.9. The van der Waals surface area contributed by atoms with Crippen LogP contribution < -0.4 is 5.32 Å². The Bertz CT molecular complexity index is 811. The molecule has 0 aliphatic carbocycles. The molecule has 1 aromatic carbocycles. The molecular formula is C20H26N6O. The van der Waals surface area contributed by atoms with E-state index in [0.717, 1.165) is 17.9 Å². The third-order valence-electron chi connectivity index (χ3n) is 4.77. The molecule has 3 rings (SSSR count). The third kappa shape index (κ3) is 3.72. The van der Waals surface area contributed by atoms with Crippen LogP contribution in [0.25, 0.3) is 0 Å². The van der Waals surface area contributed by atoms with Gasteiger partial charge < -0.3 is 20.0 Å². The van der Waals surface area contributed by atoms with E-state index in [0.29, 0.717) is 23.9 Å². The molecule has 142 valence electrons. The minimum absolute atomic E-state index is 0.0360. The van der Waals surface area contributed by atoms with Gasteiger partial charge in [0.05, 0.1) is 13.1 Å². The monoisotopic (exact) mass is 366 g/mol. The number of nitrogens with zero attached hydrogens (tertiary/aromatic N) is 4. The fourth-order valence-corrected chi connectivity index (χ4v) is 3.15. The zero-order valence-electron chi connectivity index (χ0n) is 16.1. The predicted octanol–water partition coefficient (Wildman–Crippen LogP) is 1.81. The van der Waals surface area contributed by atoms with Crippen molar-refractivity contribution in [3.05, 3.63) is 60.2 Å². The van der Waals surface area contributed by atoms with E-state index >= 15 is 0 Å². The van der Waals surface area contributed by atoms with E-state index < -0.39 is 0 Å². The van der Waals surface area contributed by atoms with Crippen LogP contribution in [0.3, 0.4) is 0 Å². The van der Waals surface area contributed by atoms with Crippen LogP contribution in [0.2, 0.25) is 0 Å². The molecule has 0 unspecified atom stereocenters. The minimum atomic E-state index is -0.0360. The maximum atomic E-state index is 12.3. The van der Waals surface area contributed by atoms with Crippen LogP contribution in [0, 0.1) is 5.41 Å². The van der Waals surface area contributed by atoms with Crippen molar-refractivity contribution in [2.45, 2.75) is 19.9 Å². The topological polar surface area (TPSA) is 75.0 Å². The first kappa shape index (κ1) is 18.7. The highest BCUT2D eigenvalue weighted by atomic mass is 16.2. The van der Waals surface area contributed by atoms with Gasteiger partial charge in [0.2, 0.25) is 5.91 Å². The van der Waals surface area contributed by atoms with Crippen molar-refractivity contribution < 1.29 is 4.79 Å². The van der Waals surface area contributed by atoms with Gasteiger partial charge in [0.1, 0.15) is 23.2 Å². The lowest BCUT2D eigenvalue weighted by Gasteiger charge is -2.38. The Morgan fingerprint density at radius 2 is 2.04 bits per heavy atom. The van der Waals surface area contributed by atoms with Crippen LogP contribution in [-0.4, -0.2) is 65.0 Å². The van der Waals surface area contributed by atoms with Crippen molar-refractivity contribution >= 4 is 17.6 Å². The van der Waals surface area contributed by atoms with E-state index in [1.807, 2.05) is 49.1 Å². The highest BCUT2D eigenvalue weighted by Crippen LogP contribution is 2.18. The lowest BCUT2D eigenvalue weighted by molar-refractivity contribution is -0.129. The Kier molecular flexibility index (Phi) is 5.30. The lowest BCUT2D eigenvalue weighted by atomic mass is 10.2. The number of likely N-dealkylation sites (N-methyl/N-ethyl adjacent to an activating group) is 1. The predicted molar refractivity (Wildman–Crippen MR) is 107 cm³/mol. The van der Waals surface area contributed by atoms with Crippen LogP contribution in [0.15, 0.2) is 59.6 Å². The molecule has 2 aliphatic rings. The summed E-state index contributed by atoms with van der Waals surface area (Å²) < 4.78 is 0. The molecule has 2 heterocycles. The maximum Gasteiger partial charge on any atom is 0.246 e. The average Bonchev–Trinajstić information content (AvgIpc) is 3.15. The number of aliphatic imine (C=N–C) groups is 1. The molecule has 7 nitrogen and oxygen atoms in total. The molecule has 0 spiro atoms. The van der Waals surface area contributed by atoms with E-state index in [4.69, 9.17) is 5.41 Å². The van der Waals surface area contributed by atoms with E-state index in [1.54, 1.807) is 18.1 Å². The summed E-state index contributed by atoms with van der Waals surface area (Å²) in [6.07, 6.45) is 1.68. The van der Waals surface area contributed by atoms with E-state index in [9.17, 15) is 4.79 Å². The molecule has 0 saturated carbocycles. The van der Waals surface area contributed by atoms with Gasteiger partial charge >= 0.3 is 0 Å². The van der Waals surface area contributed by atoms with Gasteiger partial charge in [-0.3, -0.25) is 15.2 Å².